The van der Waals surface area contributed by atoms with E-state index in [1.54, 1.807) is 0 Å². The van der Waals surface area contributed by atoms with Crippen LogP contribution in [0.5, 0.6) is 0 Å². The van der Waals surface area contributed by atoms with Gasteiger partial charge < -0.3 is 0 Å². The van der Waals surface area contributed by atoms with Crippen LogP contribution < -0.4 is 0 Å². The monoisotopic (exact) mass is 308 g/mol. The van der Waals surface area contributed by atoms with E-state index >= 15 is 0 Å². The molecule has 0 amide bonds. The first-order valence-electron chi connectivity index (χ1n) is 3.26. The first-order valence-corrected chi connectivity index (χ1v) is 8.34. The van der Waals surface area contributed by atoms with Gasteiger partial charge in [-0.25, -0.2) is 0 Å². The number of nitrogens with zero attached hydrogens (tertiary/aromatic N) is 1. The predicted octanol–water partition coefficient (Wildman–Crippen LogP) is 2.64. The zero-order chi connectivity index (χ0) is 7.40. The molecule has 0 bridgehead atoms. The van der Waals surface area contributed by atoms with E-state index in [2.05, 4.69) is 22.8 Å². The summed E-state index contributed by atoms with van der Waals surface area (Å²) in [6, 6.07) is 0. The maximum atomic E-state index is 10.3. The quantitative estimate of drug-likeness (QED) is 0.737. The van der Waals surface area contributed by atoms with E-state index in [1.165, 1.54) is 0 Å². The Bertz CT molecular complexity index is 164. The van der Waals surface area contributed by atoms with Gasteiger partial charge in [-0.05, 0) is 0 Å². The van der Waals surface area contributed by atoms with Crippen LogP contribution in [0.3, 0.4) is 0 Å². The van der Waals surface area contributed by atoms with Crippen molar-refractivity contribution >= 4 is 0 Å². The van der Waals surface area contributed by atoms with Gasteiger partial charge in [0.2, 0.25) is 0 Å². The second-order valence-corrected chi connectivity index (χ2v) is 9.45. The van der Waals surface area contributed by atoms with Gasteiger partial charge in [-0.1, -0.05) is 0 Å². The number of hydrogen-bond donors (Lipinski definition) is 0. The summed E-state index contributed by atoms with van der Waals surface area (Å²) in [5.41, 5.74) is 0. The van der Waals surface area contributed by atoms with Crippen molar-refractivity contribution in [1.82, 2.24) is 0 Å². The minimum atomic E-state index is -1.86. The van der Waals surface area contributed by atoms with Crippen molar-refractivity contribution in [3.8, 4) is 0 Å². The van der Waals surface area contributed by atoms with Crippen LogP contribution in [0.4, 0.5) is 0 Å². The van der Waals surface area contributed by atoms with Crippen molar-refractivity contribution in [2.75, 3.05) is 0 Å². The summed E-state index contributed by atoms with van der Waals surface area (Å²) in [4.78, 5) is 11.3. The molecule has 0 unspecified atom stereocenters. The van der Waals surface area contributed by atoms with Gasteiger partial charge in [-0.2, -0.15) is 0 Å². The van der Waals surface area contributed by atoms with E-state index in [0.717, 1.165) is 4.81 Å². The SMILES string of the molecule is C[CH2][W]([N]=O)[CH]1C=CC=C1. The van der Waals surface area contributed by atoms with Crippen molar-refractivity contribution < 1.29 is 17.6 Å². The second kappa shape index (κ2) is 3.82. The van der Waals surface area contributed by atoms with Crippen LogP contribution >= 0.6 is 0 Å². The van der Waals surface area contributed by atoms with Crippen LogP contribution in [-0.4, -0.2) is 0 Å². The molecule has 0 radical (unpaired) electrons. The van der Waals surface area contributed by atoms with Gasteiger partial charge >= 0.3 is 66.5 Å². The van der Waals surface area contributed by atoms with Crippen LogP contribution in [0, 0.1) is 4.91 Å². The fourth-order valence-corrected chi connectivity index (χ4v) is 4.96. The zero-order valence-corrected chi connectivity index (χ0v) is 8.79. The summed E-state index contributed by atoms with van der Waals surface area (Å²) in [6.07, 6.45) is 8.20. The molecule has 10 heavy (non-hydrogen) atoms. The molecular formula is C7H10NOW. The molecule has 0 aromatic rings. The topological polar surface area (TPSA) is 29.4 Å². The van der Waals surface area contributed by atoms with Crippen LogP contribution in [0.15, 0.2) is 28.0 Å². The standard InChI is InChI=1S/C5H5.C2H5.NO.W/c1-2-4-5-3-1;2*1-2;/h1-5H;1H2,2H3;;/q;;-1;+1. The Morgan fingerprint density at radius 1 is 1.50 bits per heavy atom. The second-order valence-electron chi connectivity index (χ2n) is 2.00. The molecule has 0 spiro atoms. The van der Waals surface area contributed by atoms with Gasteiger partial charge in [0.1, 0.15) is 0 Å². The Hall–Kier alpha value is -0.232. The molecule has 0 fully saturated rings. The van der Waals surface area contributed by atoms with Crippen LogP contribution in [0.2, 0.25) is 9.12 Å². The number of allylic oxidation sites excluding steroid dienone is 4. The Morgan fingerprint density at radius 2 is 2.10 bits per heavy atom. The average molecular weight is 308 g/mol. The zero-order valence-electron chi connectivity index (χ0n) is 5.86. The van der Waals surface area contributed by atoms with E-state index in [0.29, 0.717) is 4.31 Å². The van der Waals surface area contributed by atoms with Crippen molar-refractivity contribution in [1.29, 1.82) is 0 Å². The molecule has 3 heteroatoms. The fourth-order valence-electron chi connectivity index (χ4n) is 0.888. The molecule has 0 atom stereocenters. The Labute approximate surface area is 66.8 Å². The predicted molar refractivity (Wildman–Crippen MR) is 38.3 cm³/mol. The normalized spacial score (nSPS) is 17.0. The molecule has 0 heterocycles. The van der Waals surface area contributed by atoms with E-state index in [9.17, 15) is 4.91 Å². The third-order valence-corrected chi connectivity index (χ3v) is 7.62. The van der Waals surface area contributed by atoms with Gasteiger partial charge in [0.25, 0.3) is 0 Å². The third-order valence-electron chi connectivity index (χ3n) is 1.42. The van der Waals surface area contributed by atoms with Gasteiger partial charge in [0.15, 0.2) is 0 Å². The van der Waals surface area contributed by atoms with Crippen molar-refractivity contribution in [3.05, 3.63) is 29.2 Å². The van der Waals surface area contributed by atoms with Crippen LogP contribution in [0.1, 0.15) is 6.92 Å². The molecule has 0 saturated heterocycles. The number of hydrogen-bond acceptors (Lipinski definition) is 2. The van der Waals surface area contributed by atoms with Crippen molar-refractivity contribution in [2.45, 2.75) is 16.0 Å². The molecule has 1 rings (SSSR count). The molecule has 0 aromatic heterocycles. The summed E-state index contributed by atoms with van der Waals surface area (Å²) in [5.74, 6) is 0. The summed E-state index contributed by atoms with van der Waals surface area (Å²) < 4.78 is 3.68. The Morgan fingerprint density at radius 3 is 2.50 bits per heavy atom. The fraction of sp³-hybridized carbons (Fsp3) is 0.429. The van der Waals surface area contributed by atoms with Gasteiger partial charge in [0.05, 0.1) is 0 Å². The molecule has 0 aliphatic heterocycles. The molecular weight excluding hydrogens is 298 g/mol. The van der Waals surface area contributed by atoms with Gasteiger partial charge in [-0.15, -0.1) is 0 Å². The van der Waals surface area contributed by atoms with Crippen LogP contribution in [-0.2, 0) is 17.6 Å². The molecule has 2 nitrogen and oxygen atoms in total. The summed E-state index contributed by atoms with van der Waals surface area (Å²) in [5, 5.41) is 0. The molecule has 0 aromatic carbocycles. The van der Waals surface area contributed by atoms with Crippen molar-refractivity contribution in [2.24, 2.45) is 3.74 Å². The summed E-state index contributed by atoms with van der Waals surface area (Å²) in [6.45, 7) is 2.06. The third kappa shape index (κ3) is 1.63. The van der Waals surface area contributed by atoms with Crippen LogP contribution in [0.25, 0.3) is 0 Å². The summed E-state index contributed by atoms with van der Waals surface area (Å²) >= 11 is -1.86. The summed E-state index contributed by atoms with van der Waals surface area (Å²) in [7, 11) is 0. The van der Waals surface area contributed by atoms with E-state index < -0.39 is 17.6 Å². The van der Waals surface area contributed by atoms with Crippen molar-refractivity contribution in [3.63, 3.8) is 0 Å². The molecule has 0 N–H and O–H groups in total. The van der Waals surface area contributed by atoms with Gasteiger partial charge in [0, 0.05) is 0 Å². The first kappa shape index (κ1) is 7.87. The molecule has 0 saturated carbocycles. The van der Waals surface area contributed by atoms with Gasteiger partial charge in [-0.3, -0.25) is 0 Å². The first-order chi connectivity index (χ1) is 4.88. The Kier molecular flexibility index (Phi) is 3.01. The van der Waals surface area contributed by atoms with E-state index in [4.69, 9.17) is 0 Å². The maximum absolute atomic E-state index is 10.3. The molecule has 1 aliphatic rings. The average Bonchev–Trinajstić information content (AvgIpc) is 2.43. The minimum absolute atomic E-state index is 0.447. The van der Waals surface area contributed by atoms with E-state index in [1.807, 2.05) is 12.2 Å². The molecule has 55 valence electrons. The van der Waals surface area contributed by atoms with E-state index in [-0.39, 0.29) is 0 Å². The number of nitroso groups, excluding NO2 is 1. The molecule has 1 aliphatic carbocycles. The number of rotatable bonds is 3. The Balaban J connectivity index is 2.53.